The summed E-state index contributed by atoms with van der Waals surface area (Å²) in [6.45, 7) is 0.889. The Labute approximate surface area is 105 Å². The van der Waals surface area contributed by atoms with Gasteiger partial charge in [0, 0.05) is 24.3 Å². The average Bonchev–Trinajstić information content (AvgIpc) is 2.38. The molecule has 3 N–H and O–H groups in total. The Morgan fingerprint density at radius 2 is 2.17 bits per heavy atom. The molecule has 1 aromatic carbocycles. The maximum absolute atomic E-state index is 12.2. The molecule has 0 unspecified atom stereocenters. The van der Waals surface area contributed by atoms with Crippen LogP contribution in [0.3, 0.4) is 0 Å². The van der Waals surface area contributed by atoms with Crippen molar-refractivity contribution in [3.8, 4) is 0 Å². The van der Waals surface area contributed by atoms with E-state index in [2.05, 4.69) is 0 Å². The van der Waals surface area contributed by atoms with Crippen molar-refractivity contribution in [3.63, 3.8) is 0 Å². The molecule has 1 atom stereocenters. The van der Waals surface area contributed by atoms with E-state index in [0.717, 1.165) is 6.42 Å². The van der Waals surface area contributed by atoms with Gasteiger partial charge < -0.3 is 15.7 Å². The molecule has 1 aliphatic heterocycles. The number of carboxylic acid groups (broad SMARTS) is 1. The molecule has 0 saturated carbocycles. The molecule has 96 valence electrons. The normalized spacial score (nSPS) is 19.6. The lowest BCUT2D eigenvalue weighted by Gasteiger charge is -2.30. The van der Waals surface area contributed by atoms with Gasteiger partial charge in [-0.3, -0.25) is 9.59 Å². The number of benzene rings is 1. The van der Waals surface area contributed by atoms with Gasteiger partial charge in [-0.15, -0.1) is 0 Å². The second-order valence-corrected chi connectivity index (χ2v) is 4.55. The van der Waals surface area contributed by atoms with E-state index >= 15 is 0 Å². The summed E-state index contributed by atoms with van der Waals surface area (Å²) in [5.41, 5.74) is 6.69. The van der Waals surface area contributed by atoms with Crippen LogP contribution in [0.5, 0.6) is 0 Å². The standard InChI is InChI=1S/C13H16N2O3/c14-11-5-1-3-9(7-11)12(16)15-6-2-4-10(8-15)13(17)18/h1,3,5,7,10H,2,4,6,8,14H2,(H,17,18)/t10-/m0/s1. The maximum atomic E-state index is 12.2. The van der Waals surface area contributed by atoms with E-state index in [1.54, 1.807) is 29.2 Å². The Hall–Kier alpha value is -2.04. The Kier molecular flexibility index (Phi) is 3.50. The van der Waals surface area contributed by atoms with Crippen LogP contribution in [0.1, 0.15) is 23.2 Å². The summed E-state index contributed by atoms with van der Waals surface area (Å²) in [6, 6.07) is 6.75. The number of piperidine rings is 1. The smallest absolute Gasteiger partial charge is 0.308 e. The zero-order valence-corrected chi connectivity index (χ0v) is 10.0. The topological polar surface area (TPSA) is 83.6 Å². The van der Waals surface area contributed by atoms with Gasteiger partial charge in [0.15, 0.2) is 0 Å². The van der Waals surface area contributed by atoms with Crippen LogP contribution in [0.4, 0.5) is 5.69 Å². The van der Waals surface area contributed by atoms with Crippen LogP contribution in [0.2, 0.25) is 0 Å². The molecule has 0 aliphatic carbocycles. The summed E-state index contributed by atoms with van der Waals surface area (Å²) >= 11 is 0. The molecule has 1 amide bonds. The lowest BCUT2D eigenvalue weighted by molar-refractivity contribution is -0.143. The molecule has 1 saturated heterocycles. The first-order valence-electron chi connectivity index (χ1n) is 5.95. The molecule has 0 radical (unpaired) electrons. The van der Waals surface area contributed by atoms with Crippen molar-refractivity contribution in [2.75, 3.05) is 18.8 Å². The van der Waals surface area contributed by atoms with Crippen LogP contribution in [-0.2, 0) is 4.79 Å². The van der Waals surface area contributed by atoms with Crippen LogP contribution in [-0.4, -0.2) is 35.0 Å². The molecule has 2 rings (SSSR count). The van der Waals surface area contributed by atoms with Crippen LogP contribution < -0.4 is 5.73 Å². The molecule has 5 heteroatoms. The first-order valence-corrected chi connectivity index (χ1v) is 5.95. The van der Waals surface area contributed by atoms with Crippen LogP contribution in [0, 0.1) is 5.92 Å². The van der Waals surface area contributed by atoms with Crippen LogP contribution in [0.25, 0.3) is 0 Å². The lowest BCUT2D eigenvalue weighted by Crippen LogP contribution is -2.42. The third kappa shape index (κ3) is 2.61. The van der Waals surface area contributed by atoms with Gasteiger partial charge in [0.25, 0.3) is 5.91 Å². The quantitative estimate of drug-likeness (QED) is 0.770. The summed E-state index contributed by atoms with van der Waals surface area (Å²) in [5.74, 6) is -1.43. The minimum absolute atomic E-state index is 0.145. The zero-order valence-electron chi connectivity index (χ0n) is 10.0. The minimum Gasteiger partial charge on any atom is -0.481 e. The summed E-state index contributed by atoms with van der Waals surface area (Å²) in [6.07, 6.45) is 1.36. The van der Waals surface area contributed by atoms with Gasteiger partial charge in [-0.25, -0.2) is 0 Å². The minimum atomic E-state index is -0.833. The van der Waals surface area contributed by atoms with E-state index in [-0.39, 0.29) is 12.5 Å². The fourth-order valence-corrected chi connectivity index (χ4v) is 2.22. The molecular formula is C13H16N2O3. The summed E-state index contributed by atoms with van der Waals surface area (Å²) in [7, 11) is 0. The molecule has 0 aromatic heterocycles. The SMILES string of the molecule is Nc1cccc(C(=O)N2CCC[C@H](C(=O)O)C2)c1. The number of nitrogens with two attached hydrogens (primary N) is 1. The van der Waals surface area contributed by atoms with Crippen molar-refractivity contribution >= 4 is 17.6 Å². The first kappa shape index (κ1) is 12.4. The van der Waals surface area contributed by atoms with Gasteiger partial charge in [-0.2, -0.15) is 0 Å². The average molecular weight is 248 g/mol. The van der Waals surface area contributed by atoms with Crippen molar-refractivity contribution in [3.05, 3.63) is 29.8 Å². The van der Waals surface area contributed by atoms with Crippen molar-refractivity contribution < 1.29 is 14.7 Å². The van der Waals surface area contributed by atoms with Gasteiger partial charge in [0.05, 0.1) is 5.92 Å². The monoisotopic (exact) mass is 248 g/mol. The van der Waals surface area contributed by atoms with Gasteiger partial charge >= 0.3 is 5.97 Å². The molecule has 5 nitrogen and oxygen atoms in total. The third-order valence-corrected chi connectivity index (χ3v) is 3.19. The highest BCUT2D eigenvalue weighted by atomic mass is 16.4. The van der Waals surface area contributed by atoms with E-state index in [4.69, 9.17) is 10.8 Å². The third-order valence-electron chi connectivity index (χ3n) is 3.19. The number of nitrogens with zero attached hydrogens (tertiary/aromatic N) is 1. The number of amides is 1. The highest BCUT2D eigenvalue weighted by molar-refractivity contribution is 5.95. The second kappa shape index (κ2) is 5.08. The molecule has 18 heavy (non-hydrogen) atoms. The molecule has 0 bridgehead atoms. The number of hydrogen-bond acceptors (Lipinski definition) is 3. The number of carboxylic acids is 1. The number of aliphatic carboxylic acids is 1. The number of carbonyl (C=O) groups excluding carboxylic acids is 1. The Morgan fingerprint density at radius 1 is 1.39 bits per heavy atom. The second-order valence-electron chi connectivity index (χ2n) is 4.55. The van der Waals surface area contributed by atoms with Crippen LogP contribution in [0.15, 0.2) is 24.3 Å². The first-order chi connectivity index (χ1) is 8.58. The predicted molar refractivity (Wildman–Crippen MR) is 67.1 cm³/mol. The summed E-state index contributed by atoms with van der Waals surface area (Å²) in [4.78, 5) is 24.7. The maximum Gasteiger partial charge on any atom is 0.308 e. The molecule has 1 aromatic rings. The summed E-state index contributed by atoms with van der Waals surface area (Å²) in [5, 5.41) is 8.99. The Balaban J connectivity index is 2.11. The molecule has 1 heterocycles. The predicted octanol–water partition coefficient (Wildman–Crippen LogP) is 1.21. The van der Waals surface area contributed by atoms with Crippen molar-refractivity contribution in [2.24, 2.45) is 5.92 Å². The highest BCUT2D eigenvalue weighted by Gasteiger charge is 2.28. The lowest BCUT2D eigenvalue weighted by atomic mass is 9.97. The van der Waals surface area contributed by atoms with E-state index in [1.165, 1.54) is 0 Å². The van der Waals surface area contributed by atoms with Crippen LogP contribution >= 0.6 is 0 Å². The Bertz CT molecular complexity index is 473. The van der Waals surface area contributed by atoms with E-state index in [0.29, 0.717) is 24.2 Å². The number of carbonyl (C=O) groups is 2. The van der Waals surface area contributed by atoms with E-state index in [1.807, 2.05) is 0 Å². The van der Waals surface area contributed by atoms with Gasteiger partial charge in [-0.05, 0) is 31.0 Å². The molecular weight excluding hydrogens is 232 g/mol. The van der Waals surface area contributed by atoms with Crippen molar-refractivity contribution in [1.29, 1.82) is 0 Å². The van der Waals surface area contributed by atoms with Gasteiger partial charge in [0.2, 0.25) is 0 Å². The molecule has 0 spiro atoms. The number of likely N-dealkylation sites (tertiary alicyclic amines) is 1. The number of anilines is 1. The largest absolute Gasteiger partial charge is 0.481 e. The molecule has 1 fully saturated rings. The number of rotatable bonds is 2. The Morgan fingerprint density at radius 3 is 2.83 bits per heavy atom. The molecule has 1 aliphatic rings. The van der Waals surface area contributed by atoms with E-state index < -0.39 is 11.9 Å². The fourth-order valence-electron chi connectivity index (χ4n) is 2.22. The van der Waals surface area contributed by atoms with Crippen molar-refractivity contribution in [1.82, 2.24) is 4.90 Å². The summed E-state index contributed by atoms with van der Waals surface area (Å²) < 4.78 is 0. The van der Waals surface area contributed by atoms with Crippen molar-refractivity contribution in [2.45, 2.75) is 12.8 Å². The van der Waals surface area contributed by atoms with Gasteiger partial charge in [-0.1, -0.05) is 6.07 Å². The van der Waals surface area contributed by atoms with E-state index in [9.17, 15) is 9.59 Å². The highest BCUT2D eigenvalue weighted by Crippen LogP contribution is 2.19. The number of hydrogen-bond donors (Lipinski definition) is 2. The number of nitrogen functional groups attached to an aromatic ring is 1. The zero-order chi connectivity index (χ0) is 13.1. The fraction of sp³-hybridized carbons (Fsp3) is 0.385. The van der Waals surface area contributed by atoms with Gasteiger partial charge in [0.1, 0.15) is 0 Å².